The number of hydrazine groups is 2. The zero-order valence-corrected chi connectivity index (χ0v) is 22.4. The third-order valence-corrected chi connectivity index (χ3v) is 7.92. The van der Waals surface area contributed by atoms with Gasteiger partial charge in [-0.2, -0.15) is 5.26 Å². The molecule has 1 aliphatic carbocycles. The van der Waals surface area contributed by atoms with Crippen LogP contribution in [0.4, 0.5) is 15.8 Å². The Kier molecular flexibility index (Phi) is 6.60. The van der Waals surface area contributed by atoms with Crippen molar-refractivity contribution in [2.75, 3.05) is 30.4 Å². The van der Waals surface area contributed by atoms with Crippen molar-refractivity contribution < 1.29 is 10.5 Å². The molecule has 10 heteroatoms. The van der Waals surface area contributed by atoms with Crippen LogP contribution in [0.1, 0.15) is 51.1 Å². The molecule has 3 aliphatic rings. The highest BCUT2D eigenvalue weighted by atomic mass is 35.5. The maximum absolute atomic E-state index is 13.8. The second kappa shape index (κ2) is 10.5. The highest BCUT2D eigenvalue weighted by Gasteiger charge is 2.32. The van der Waals surface area contributed by atoms with Crippen molar-refractivity contribution in [3.63, 3.8) is 0 Å². The number of nitrogens with zero attached hydrogens (tertiary/aromatic N) is 3. The SMILES string of the molecule is [2H][C@](Nc1cc(Cl)c2ncc(C#N)c(NCC3(C)CCOCC3)c2c1)(C1=CN(C2CC2)NN1)c1ccc(F)cc1. The van der Waals surface area contributed by atoms with Crippen LogP contribution in [0, 0.1) is 22.6 Å². The Morgan fingerprint density at radius 3 is 2.79 bits per heavy atom. The fourth-order valence-electron chi connectivity index (χ4n) is 5.01. The quantitative estimate of drug-likeness (QED) is 0.288. The van der Waals surface area contributed by atoms with E-state index >= 15 is 0 Å². The van der Waals surface area contributed by atoms with E-state index in [1.807, 2.05) is 17.3 Å². The lowest BCUT2D eigenvalue weighted by Crippen LogP contribution is -2.38. The van der Waals surface area contributed by atoms with E-state index in [1.54, 1.807) is 18.2 Å². The number of benzene rings is 2. The first kappa shape index (κ1) is 24.5. The van der Waals surface area contributed by atoms with Gasteiger partial charge in [-0.05, 0) is 60.9 Å². The average Bonchev–Trinajstić information content (AvgIpc) is 3.68. The molecule has 6 rings (SSSR count). The summed E-state index contributed by atoms with van der Waals surface area (Å²) in [4.78, 5) is 4.47. The molecule has 1 saturated carbocycles. The van der Waals surface area contributed by atoms with E-state index in [-0.39, 0.29) is 11.2 Å². The van der Waals surface area contributed by atoms with Crippen molar-refractivity contribution in [3.8, 4) is 6.07 Å². The number of anilines is 2. The molecule has 0 bridgehead atoms. The lowest BCUT2D eigenvalue weighted by atomic mass is 9.82. The van der Waals surface area contributed by atoms with Gasteiger partial charge in [0, 0.05) is 49.3 Å². The van der Waals surface area contributed by atoms with Crippen molar-refractivity contribution in [1.29, 1.82) is 5.26 Å². The Labute approximate surface area is 233 Å². The van der Waals surface area contributed by atoms with Gasteiger partial charge in [0.15, 0.2) is 0 Å². The predicted octanol–water partition coefficient (Wildman–Crippen LogP) is 5.61. The summed E-state index contributed by atoms with van der Waals surface area (Å²) in [6, 6.07) is 10.6. The summed E-state index contributed by atoms with van der Waals surface area (Å²) in [7, 11) is 0. The Balaban J connectivity index is 1.39. The van der Waals surface area contributed by atoms with Gasteiger partial charge in [-0.25, -0.2) is 4.39 Å². The van der Waals surface area contributed by atoms with Gasteiger partial charge >= 0.3 is 0 Å². The van der Waals surface area contributed by atoms with Crippen LogP contribution < -0.4 is 21.6 Å². The molecule has 2 aromatic carbocycles. The lowest BCUT2D eigenvalue weighted by molar-refractivity contribution is 0.0300. The van der Waals surface area contributed by atoms with E-state index in [2.05, 4.69) is 39.6 Å². The Morgan fingerprint density at radius 1 is 1.31 bits per heavy atom. The number of hydrogen-bond donors (Lipinski definition) is 4. The van der Waals surface area contributed by atoms with Crippen LogP contribution in [0.25, 0.3) is 10.9 Å². The smallest absolute Gasteiger partial charge is 0.123 e. The second-order valence-electron chi connectivity index (χ2n) is 10.7. The molecule has 202 valence electrons. The summed E-state index contributed by atoms with van der Waals surface area (Å²) < 4.78 is 29.0. The molecule has 39 heavy (non-hydrogen) atoms. The first-order valence-electron chi connectivity index (χ1n) is 13.7. The molecule has 3 aromatic rings. The van der Waals surface area contributed by atoms with E-state index in [9.17, 15) is 11.0 Å². The molecule has 0 spiro atoms. The standard InChI is InChI=1S/C29H31ClFN7O/c1-29(8-10-39-11-9-29)17-34-26-19(14-32)15-33-28-23(26)12-21(13-24(28)30)35-27(18-2-4-20(31)5-3-18)25-16-38(37-36-25)22-6-7-22/h2-5,12-13,15-16,22,27,35-37H,6-11,17H2,1H3,(H,33,34)/t27-/m1/s1/i27D. The first-order chi connectivity index (χ1) is 19.3. The van der Waals surface area contributed by atoms with Crippen molar-refractivity contribution in [2.45, 2.75) is 44.7 Å². The first-order valence-corrected chi connectivity index (χ1v) is 13.6. The summed E-state index contributed by atoms with van der Waals surface area (Å²) in [5.41, 5.74) is 9.55. The fraction of sp³-hybridized carbons (Fsp3) is 0.379. The number of ether oxygens (including phenoxy) is 1. The number of halogens is 2. The van der Waals surface area contributed by atoms with Crippen LogP contribution in [-0.2, 0) is 4.74 Å². The third-order valence-electron chi connectivity index (χ3n) is 7.64. The number of nitriles is 1. The van der Waals surface area contributed by atoms with Crippen molar-refractivity contribution in [3.05, 3.63) is 76.5 Å². The summed E-state index contributed by atoms with van der Waals surface area (Å²) in [6.45, 7) is 4.31. The van der Waals surface area contributed by atoms with Gasteiger partial charge in [-0.3, -0.25) is 9.99 Å². The normalized spacial score (nSPS) is 20.4. The van der Waals surface area contributed by atoms with E-state index in [0.717, 1.165) is 25.7 Å². The minimum Gasteiger partial charge on any atom is -0.383 e. The van der Waals surface area contributed by atoms with Gasteiger partial charge in [-0.15, -0.1) is 5.53 Å². The minimum atomic E-state index is -1.51. The van der Waals surface area contributed by atoms with E-state index in [0.29, 0.717) is 69.9 Å². The predicted molar refractivity (Wildman–Crippen MR) is 150 cm³/mol. The maximum Gasteiger partial charge on any atom is 0.123 e. The van der Waals surface area contributed by atoms with Crippen LogP contribution in [0.15, 0.2) is 54.5 Å². The summed E-state index contributed by atoms with van der Waals surface area (Å²) in [5, 5.41) is 19.8. The van der Waals surface area contributed by atoms with Gasteiger partial charge < -0.3 is 20.8 Å². The molecule has 0 radical (unpaired) electrons. The van der Waals surface area contributed by atoms with Gasteiger partial charge in [0.25, 0.3) is 0 Å². The molecule has 1 saturated heterocycles. The third kappa shape index (κ3) is 5.46. The molecule has 3 heterocycles. The topological polar surface area (TPSA) is 97.3 Å². The molecule has 1 atom stereocenters. The Hall–Kier alpha value is -3.58. The summed E-state index contributed by atoms with van der Waals surface area (Å²) >= 11 is 6.74. The van der Waals surface area contributed by atoms with Crippen molar-refractivity contribution in [2.24, 2.45) is 5.41 Å². The van der Waals surface area contributed by atoms with Crippen LogP contribution in [-0.4, -0.2) is 35.8 Å². The monoisotopic (exact) mass is 548 g/mol. The second-order valence-corrected chi connectivity index (χ2v) is 11.1. The lowest BCUT2D eigenvalue weighted by Gasteiger charge is -2.34. The van der Waals surface area contributed by atoms with Crippen LogP contribution in [0.5, 0.6) is 0 Å². The number of hydrogen-bond acceptors (Lipinski definition) is 8. The number of fused-ring (bicyclic) bond motifs is 1. The zero-order valence-electron chi connectivity index (χ0n) is 22.7. The molecule has 8 nitrogen and oxygen atoms in total. The molecule has 2 aliphatic heterocycles. The van der Waals surface area contributed by atoms with Crippen LogP contribution >= 0.6 is 11.6 Å². The highest BCUT2D eigenvalue weighted by Crippen LogP contribution is 2.38. The summed E-state index contributed by atoms with van der Waals surface area (Å²) in [5.74, 6) is -0.380. The number of aromatic nitrogens is 1. The average molecular weight is 549 g/mol. The van der Waals surface area contributed by atoms with Crippen LogP contribution in [0.3, 0.4) is 0 Å². The largest absolute Gasteiger partial charge is 0.383 e. The van der Waals surface area contributed by atoms with E-state index < -0.39 is 6.02 Å². The Bertz CT molecular complexity index is 1500. The van der Waals surface area contributed by atoms with Crippen molar-refractivity contribution >= 4 is 33.9 Å². The van der Waals surface area contributed by atoms with E-state index in [1.165, 1.54) is 18.3 Å². The van der Waals surface area contributed by atoms with Crippen LogP contribution in [0.2, 0.25) is 5.02 Å². The highest BCUT2D eigenvalue weighted by molar-refractivity contribution is 6.35. The molecule has 2 fully saturated rings. The molecular formula is C29H31ClFN7O. The Morgan fingerprint density at radius 2 is 2.08 bits per heavy atom. The molecule has 1 aromatic heterocycles. The molecule has 4 N–H and O–H groups in total. The molecule has 0 unspecified atom stereocenters. The maximum atomic E-state index is 13.8. The van der Waals surface area contributed by atoms with Gasteiger partial charge in [0.2, 0.25) is 0 Å². The zero-order chi connectivity index (χ0) is 27.9. The molecule has 0 amide bonds. The number of rotatable bonds is 8. The number of pyridine rings is 1. The van der Waals surface area contributed by atoms with Gasteiger partial charge in [0.1, 0.15) is 11.9 Å². The minimum absolute atomic E-state index is 0.0280. The van der Waals surface area contributed by atoms with Gasteiger partial charge in [0.05, 0.1) is 34.9 Å². The van der Waals surface area contributed by atoms with Gasteiger partial charge in [-0.1, -0.05) is 30.7 Å². The molecular weight excluding hydrogens is 517 g/mol. The van der Waals surface area contributed by atoms with E-state index in [4.69, 9.17) is 16.3 Å². The van der Waals surface area contributed by atoms with Crippen molar-refractivity contribution in [1.82, 2.24) is 21.0 Å². The summed E-state index contributed by atoms with van der Waals surface area (Å²) in [6.07, 6.45) is 7.40. The number of nitrogens with one attached hydrogen (secondary N) is 4. The fourth-order valence-corrected chi connectivity index (χ4v) is 5.28.